The quantitative estimate of drug-likeness (QED) is 0.382. The minimum Gasteiger partial charge on any atom is -0.480 e. The Morgan fingerprint density at radius 1 is 1.11 bits per heavy atom. The Hall–Kier alpha value is -1.93. The maximum atomic E-state index is 11.2. The zero-order valence-corrected chi connectivity index (χ0v) is 9.57. The summed E-state index contributed by atoms with van der Waals surface area (Å²) in [6, 6.07) is 0. The molecule has 0 saturated heterocycles. The van der Waals surface area contributed by atoms with Gasteiger partial charge >= 0.3 is 17.9 Å². The fourth-order valence-corrected chi connectivity index (χ4v) is 1.55. The van der Waals surface area contributed by atoms with Crippen LogP contribution >= 0.6 is 0 Å². The average molecular weight is 261 g/mol. The van der Waals surface area contributed by atoms with E-state index in [1.54, 1.807) is 0 Å². The molecule has 0 aromatic heterocycles. The van der Waals surface area contributed by atoms with Crippen LogP contribution in [0.5, 0.6) is 0 Å². The van der Waals surface area contributed by atoms with E-state index in [2.05, 4.69) is 6.58 Å². The summed E-state index contributed by atoms with van der Waals surface area (Å²) in [6.45, 7) is 1.17. The lowest BCUT2D eigenvalue weighted by molar-refractivity contribution is -0.155. The Morgan fingerprint density at radius 3 is 1.78 bits per heavy atom. The molecule has 0 aromatic rings. The number of carboxylic acid groups (broad SMARTS) is 3. The first-order chi connectivity index (χ1) is 8.30. The van der Waals surface area contributed by atoms with Gasteiger partial charge in [0.25, 0.3) is 0 Å². The molecule has 0 fully saturated rings. The highest BCUT2D eigenvalue weighted by molar-refractivity contribution is 5.84. The van der Waals surface area contributed by atoms with E-state index in [9.17, 15) is 14.4 Å². The van der Waals surface area contributed by atoms with E-state index in [0.29, 0.717) is 0 Å². The number of hydrogen-bond donors (Lipinski definition) is 4. The first-order valence-corrected chi connectivity index (χ1v) is 4.96. The number of hydrogen-bond acceptors (Lipinski definition) is 5. The van der Waals surface area contributed by atoms with Crippen LogP contribution in [0.25, 0.3) is 0 Å². The highest BCUT2D eigenvalue weighted by atomic mass is 16.4. The Labute approximate surface area is 103 Å². The van der Waals surface area contributed by atoms with Crippen LogP contribution in [0, 0.1) is 0 Å². The van der Waals surface area contributed by atoms with E-state index >= 15 is 0 Å². The molecule has 8 heteroatoms. The van der Waals surface area contributed by atoms with Crippen molar-refractivity contribution in [2.45, 2.75) is 12.0 Å². The fourth-order valence-electron chi connectivity index (χ4n) is 1.55. The number of carbonyl (C=O) groups is 3. The predicted molar refractivity (Wildman–Crippen MR) is 59.1 cm³/mol. The first kappa shape index (κ1) is 16.1. The predicted octanol–water partition coefficient (Wildman–Crippen LogP) is -1.15. The lowest BCUT2D eigenvalue weighted by atomic mass is 9.93. The van der Waals surface area contributed by atoms with E-state index in [0.717, 1.165) is 11.0 Å². The molecule has 0 radical (unpaired) electrons. The van der Waals surface area contributed by atoms with Crippen molar-refractivity contribution in [3.8, 4) is 0 Å². The molecule has 102 valence electrons. The summed E-state index contributed by atoms with van der Waals surface area (Å²) in [4.78, 5) is 33.3. The van der Waals surface area contributed by atoms with Crippen molar-refractivity contribution in [3.05, 3.63) is 12.7 Å². The zero-order valence-electron chi connectivity index (χ0n) is 9.57. The largest absolute Gasteiger partial charge is 0.480 e. The van der Waals surface area contributed by atoms with Crippen molar-refractivity contribution in [2.75, 3.05) is 19.7 Å². The summed E-state index contributed by atoms with van der Waals surface area (Å²) in [5, 5.41) is 35.4. The molecule has 0 rings (SSSR count). The van der Waals surface area contributed by atoms with Crippen LogP contribution in [0.3, 0.4) is 0 Å². The summed E-state index contributed by atoms with van der Waals surface area (Å²) in [5.74, 6) is -4.21. The van der Waals surface area contributed by atoms with E-state index in [4.69, 9.17) is 20.4 Å². The Bertz CT molecular complexity index is 338. The van der Waals surface area contributed by atoms with Crippen LogP contribution in [-0.4, -0.2) is 68.5 Å². The molecular formula is C10H15NO7. The third-order valence-electron chi connectivity index (χ3n) is 2.42. The molecule has 1 atom stereocenters. The van der Waals surface area contributed by atoms with Gasteiger partial charge in [0, 0.05) is 13.0 Å². The Kier molecular flexibility index (Phi) is 6.00. The topological polar surface area (TPSA) is 135 Å². The summed E-state index contributed by atoms with van der Waals surface area (Å²) in [7, 11) is 0. The SMILES string of the molecule is C=CC(CCO)(C(=O)O)N(CC(=O)O)CC(=O)O. The van der Waals surface area contributed by atoms with Gasteiger partial charge < -0.3 is 20.4 Å². The van der Waals surface area contributed by atoms with Crippen molar-refractivity contribution >= 4 is 17.9 Å². The van der Waals surface area contributed by atoms with Gasteiger partial charge in [-0.05, 0) is 0 Å². The average Bonchev–Trinajstić information content (AvgIpc) is 2.23. The summed E-state index contributed by atoms with van der Waals surface area (Å²) in [5.41, 5.74) is -1.93. The standard InChI is InChI=1S/C10H15NO7/c1-2-10(3-4-12,9(17)18)11(5-7(13)14)6-8(15)16/h2,12H,1,3-6H2,(H,13,14)(H,15,16)(H,17,18). The summed E-state index contributed by atoms with van der Waals surface area (Å²) >= 11 is 0. The van der Waals surface area contributed by atoms with Crippen LogP contribution < -0.4 is 0 Å². The zero-order chi connectivity index (χ0) is 14.3. The van der Waals surface area contributed by atoms with Gasteiger partial charge in [-0.15, -0.1) is 6.58 Å². The molecule has 0 amide bonds. The van der Waals surface area contributed by atoms with Crippen molar-refractivity contribution in [1.82, 2.24) is 4.90 Å². The van der Waals surface area contributed by atoms with Crippen LogP contribution in [0.15, 0.2) is 12.7 Å². The van der Waals surface area contributed by atoms with Gasteiger partial charge in [-0.25, -0.2) is 4.79 Å². The van der Waals surface area contributed by atoms with Gasteiger partial charge in [0.05, 0.1) is 13.1 Å². The van der Waals surface area contributed by atoms with Gasteiger partial charge in [-0.2, -0.15) is 0 Å². The number of nitrogens with zero attached hydrogens (tertiary/aromatic N) is 1. The van der Waals surface area contributed by atoms with Gasteiger partial charge in [0.1, 0.15) is 5.54 Å². The molecule has 0 aliphatic heterocycles. The number of aliphatic carboxylic acids is 3. The Morgan fingerprint density at radius 2 is 1.56 bits per heavy atom. The molecule has 1 unspecified atom stereocenters. The van der Waals surface area contributed by atoms with Gasteiger partial charge in [-0.3, -0.25) is 14.5 Å². The van der Waals surface area contributed by atoms with Gasteiger partial charge in [0.15, 0.2) is 0 Å². The molecule has 0 heterocycles. The summed E-state index contributed by atoms with van der Waals surface area (Å²) < 4.78 is 0. The molecule has 8 nitrogen and oxygen atoms in total. The van der Waals surface area contributed by atoms with Crippen molar-refractivity contribution in [1.29, 1.82) is 0 Å². The fraction of sp³-hybridized carbons (Fsp3) is 0.500. The van der Waals surface area contributed by atoms with Crippen molar-refractivity contribution < 1.29 is 34.8 Å². The lowest BCUT2D eigenvalue weighted by Crippen LogP contribution is -2.57. The highest BCUT2D eigenvalue weighted by Gasteiger charge is 2.42. The highest BCUT2D eigenvalue weighted by Crippen LogP contribution is 2.21. The second-order valence-corrected chi connectivity index (χ2v) is 3.55. The second-order valence-electron chi connectivity index (χ2n) is 3.55. The van der Waals surface area contributed by atoms with E-state index in [1.807, 2.05) is 0 Å². The minimum absolute atomic E-state index is 0.355. The monoisotopic (exact) mass is 261 g/mol. The van der Waals surface area contributed by atoms with Crippen LogP contribution in [0.1, 0.15) is 6.42 Å². The number of aliphatic hydroxyl groups excluding tert-OH is 1. The maximum Gasteiger partial charge on any atom is 0.328 e. The third-order valence-corrected chi connectivity index (χ3v) is 2.42. The molecule has 4 N–H and O–H groups in total. The maximum absolute atomic E-state index is 11.2. The molecule has 0 aliphatic carbocycles. The summed E-state index contributed by atoms with van der Waals surface area (Å²) in [6.07, 6.45) is 0.573. The molecule has 18 heavy (non-hydrogen) atoms. The molecule has 0 aliphatic rings. The van der Waals surface area contributed by atoms with E-state index in [-0.39, 0.29) is 6.42 Å². The molecule has 0 aromatic carbocycles. The molecule has 0 bridgehead atoms. The number of aliphatic hydroxyl groups is 1. The van der Waals surface area contributed by atoms with E-state index in [1.165, 1.54) is 0 Å². The number of carboxylic acids is 3. The van der Waals surface area contributed by atoms with Gasteiger partial charge in [-0.1, -0.05) is 6.08 Å². The lowest BCUT2D eigenvalue weighted by Gasteiger charge is -2.35. The normalized spacial score (nSPS) is 13.9. The molecule has 0 saturated carbocycles. The van der Waals surface area contributed by atoms with Crippen molar-refractivity contribution in [3.63, 3.8) is 0 Å². The smallest absolute Gasteiger partial charge is 0.328 e. The second kappa shape index (κ2) is 6.72. The van der Waals surface area contributed by atoms with Crippen LogP contribution in [0.2, 0.25) is 0 Å². The first-order valence-electron chi connectivity index (χ1n) is 4.96. The molecule has 0 spiro atoms. The molecular weight excluding hydrogens is 246 g/mol. The van der Waals surface area contributed by atoms with Crippen LogP contribution in [0.4, 0.5) is 0 Å². The van der Waals surface area contributed by atoms with Gasteiger partial charge in [0.2, 0.25) is 0 Å². The third kappa shape index (κ3) is 3.82. The Balaban J connectivity index is 5.42. The van der Waals surface area contributed by atoms with Crippen molar-refractivity contribution in [2.24, 2.45) is 0 Å². The van der Waals surface area contributed by atoms with E-state index < -0.39 is 43.1 Å². The van der Waals surface area contributed by atoms with Crippen LogP contribution in [-0.2, 0) is 14.4 Å². The number of rotatable bonds is 9. The minimum atomic E-state index is -1.93.